The number of carbonyl (C=O) groups is 3. The first-order chi connectivity index (χ1) is 9.88. The standard InChI is InChI=1S/C15H26N2O4/c1-10(2)7-12(15(20)21)17-14(19)9-16-13(18)8-11-5-3-4-6-11/h10-12H,3-9H2,1-2H3,(H,16,18)(H,17,19)(H,20,21)/t12-/m0/s1. The van der Waals surface area contributed by atoms with Crippen molar-refractivity contribution >= 4 is 17.8 Å². The Morgan fingerprint density at radius 2 is 1.76 bits per heavy atom. The summed E-state index contributed by atoms with van der Waals surface area (Å²) >= 11 is 0. The molecule has 1 aliphatic carbocycles. The highest BCUT2D eigenvalue weighted by molar-refractivity contribution is 5.87. The van der Waals surface area contributed by atoms with E-state index in [2.05, 4.69) is 10.6 Å². The lowest BCUT2D eigenvalue weighted by Crippen LogP contribution is -2.46. The predicted octanol–water partition coefficient (Wildman–Crippen LogP) is 1.30. The van der Waals surface area contributed by atoms with E-state index in [1.807, 2.05) is 13.8 Å². The van der Waals surface area contributed by atoms with Crippen LogP contribution in [0.3, 0.4) is 0 Å². The molecule has 0 bridgehead atoms. The normalized spacial score (nSPS) is 16.7. The van der Waals surface area contributed by atoms with Gasteiger partial charge in [-0.1, -0.05) is 26.7 Å². The SMILES string of the molecule is CC(C)C[C@H](NC(=O)CNC(=O)CC1CCCC1)C(=O)O. The monoisotopic (exact) mass is 298 g/mol. The third-order valence-electron chi connectivity index (χ3n) is 3.74. The van der Waals surface area contributed by atoms with Gasteiger partial charge in [0.1, 0.15) is 6.04 Å². The molecule has 6 nitrogen and oxygen atoms in total. The Labute approximate surface area is 125 Å². The lowest BCUT2D eigenvalue weighted by atomic mass is 10.0. The molecule has 0 aliphatic heterocycles. The van der Waals surface area contributed by atoms with Crippen molar-refractivity contribution in [2.75, 3.05) is 6.54 Å². The molecule has 0 aromatic heterocycles. The van der Waals surface area contributed by atoms with Gasteiger partial charge in [-0.2, -0.15) is 0 Å². The largest absolute Gasteiger partial charge is 0.480 e. The molecule has 1 fully saturated rings. The number of aliphatic carboxylic acids is 1. The molecule has 21 heavy (non-hydrogen) atoms. The van der Waals surface area contributed by atoms with Crippen LogP contribution in [-0.2, 0) is 14.4 Å². The Balaban J connectivity index is 2.28. The minimum atomic E-state index is -1.05. The van der Waals surface area contributed by atoms with Crippen molar-refractivity contribution in [1.82, 2.24) is 10.6 Å². The van der Waals surface area contributed by atoms with Gasteiger partial charge in [-0.3, -0.25) is 9.59 Å². The van der Waals surface area contributed by atoms with Crippen LogP contribution in [0.1, 0.15) is 52.4 Å². The van der Waals surface area contributed by atoms with E-state index in [1.165, 1.54) is 12.8 Å². The number of nitrogens with one attached hydrogen (secondary N) is 2. The fourth-order valence-corrected chi connectivity index (χ4v) is 2.67. The molecule has 1 rings (SSSR count). The number of hydrogen-bond donors (Lipinski definition) is 3. The molecule has 1 saturated carbocycles. The van der Waals surface area contributed by atoms with Crippen LogP contribution in [-0.4, -0.2) is 35.5 Å². The van der Waals surface area contributed by atoms with Gasteiger partial charge in [0.05, 0.1) is 6.54 Å². The molecule has 120 valence electrons. The Hall–Kier alpha value is -1.59. The minimum absolute atomic E-state index is 0.132. The number of amides is 2. The van der Waals surface area contributed by atoms with Gasteiger partial charge in [0.2, 0.25) is 11.8 Å². The van der Waals surface area contributed by atoms with Crippen LogP contribution in [0, 0.1) is 11.8 Å². The first-order valence-corrected chi connectivity index (χ1v) is 7.67. The molecule has 1 aliphatic rings. The summed E-state index contributed by atoms with van der Waals surface area (Å²) in [6, 6.07) is -0.899. The molecule has 0 spiro atoms. The van der Waals surface area contributed by atoms with Crippen molar-refractivity contribution in [3.8, 4) is 0 Å². The summed E-state index contributed by atoms with van der Waals surface area (Å²) in [7, 11) is 0. The zero-order valence-electron chi connectivity index (χ0n) is 12.9. The quantitative estimate of drug-likeness (QED) is 0.629. The van der Waals surface area contributed by atoms with Gasteiger partial charge in [-0.05, 0) is 31.1 Å². The zero-order chi connectivity index (χ0) is 15.8. The Morgan fingerprint density at radius 1 is 1.14 bits per heavy atom. The summed E-state index contributed by atoms with van der Waals surface area (Å²) in [5.74, 6) is -1.03. The van der Waals surface area contributed by atoms with E-state index in [4.69, 9.17) is 5.11 Å². The van der Waals surface area contributed by atoms with Crippen LogP contribution in [0.2, 0.25) is 0 Å². The van der Waals surface area contributed by atoms with Gasteiger partial charge in [-0.25, -0.2) is 4.79 Å². The van der Waals surface area contributed by atoms with Gasteiger partial charge < -0.3 is 15.7 Å². The highest BCUT2D eigenvalue weighted by Gasteiger charge is 2.22. The van der Waals surface area contributed by atoms with Crippen molar-refractivity contribution in [2.45, 2.75) is 58.4 Å². The maximum atomic E-state index is 11.7. The number of hydrogen-bond acceptors (Lipinski definition) is 3. The molecule has 0 saturated heterocycles. The van der Waals surface area contributed by atoms with Crippen molar-refractivity contribution in [1.29, 1.82) is 0 Å². The van der Waals surface area contributed by atoms with Crippen LogP contribution in [0.25, 0.3) is 0 Å². The molecule has 0 aromatic rings. The summed E-state index contributed by atoms with van der Waals surface area (Å²) in [6.07, 6.45) is 5.34. The Bertz CT molecular complexity index is 376. The molecule has 6 heteroatoms. The zero-order valence-corrected chi connectivity index (χ0v) is 12.9. The first-order valence-electron chi connectivity index (χ1n) is 7.67. The second-order valence-electron chi connectivity index (χ2n) is 6.22. The maximum absolute atomic E-state index is 11.7. The van der Waals surface area contributed by atoms with E-state index >= 15 is 0 Å². The summed E-state index contributed by atoms with van der Waals surface area (Å²) < 4.78 is 0. The predicted molar refractivity (Wildman–Crippen MR) is 78.6 cm³/mol. The van der Waals surface area contributed by atoms with Gasteiger partial charge >= 0.3 is 5.97 Å². The molecule has 0 aromatic carbocycles. The average molecular weight is 298 g/mol. The molecular weight excluding hydrogens is 272 g/mol. The molecular formula is C15H26N2O4. The minimum Gasteiger partial charge on any atom is -0.480 e. The summed E-state index contributed by atoms with van der Waals surface area (Å²) in [5.41, 5.74) is 0. The maximum Gasteiger partial charge on any atom is 0.326 e. The van der Waals surface area contributed by atoms with Gasteiger partial charge in [0.25, 0.3) is 0 Å². The second kappa shape index (κ2) is 8.64. The van der Waals surface area contributed by atoms with Crippen LogP contribution < -0.4 is 10.6 Å². The van der Waals surface area contributed by atoms with Gasteiger partial charge in [0.15, 0.2) is 0 Å². The summed E-state index contributed by atoms with van der Waals surface area (Å²) in [6.45, 7) is 3.63. The van der Waals surface area contributed by atoms with E-state index in [9.17, 15) is 14.4 Å². The van der Waals surface area contributed by atoms with Crippen LogP contribution in [0.4, 0.5) is 0 Å². The highest BCUT2D eigenvalue weighted by Crippen LogP contribution is 2.27. The van der Waals surface area contributed by atoms with E-state index in [1.54, 1.807) is 0 Å². The Kier molecular flexibility index (Phi) is 7.19. The third-order valence-corrected chi connectivity index (χ3v) is 3.74. The number of rotatable bonds is 8. The highest BCUT2D eigenvalue weighted by atomic mass is 16.4. The third kappa shape index (κ3) is 7.11. The molecule has 0 unspecified atom stereocenters. The van der Waals surface area contributed by atoms with Crippen LogP contribution in [0.15, 0.2) is 0 Å². The van der Waals surface area contributed by atoms with E-state index in [0.29, 0.717) is 18.8 Å². The topological polar surface area (TPSA) is 95.5 Å². The first kappa shape index (κ1) is 17.5. The van der Waals surface area contributed by atoms with Crippen LogP contribution in [0.5, 0.6) is 0 Å². The molecule has 1 atom stereocenters. The number of carboxylic acid groups (broad SMARTS) is 1. The van der Waals surface area contributed by atoms with E-state index < -0.39 is 17.9 Å². The molecule has 0 radical (unpaired) electrons. The number of carbonyl (C=O) groups excluding carboxylic acids is 2. The smallest absolute Gasteiger partial charge is 0.326 e. The van der Waals surface area contributed by atoms with Gasteiger partial charge in [0, 0.05) is 6.42 Å². The van der Waals surface area contributed by atoms with Gasteiger partial charge in [-0.15, -0.1) is 0 Å². The van der Waals surface area contributed by atoms with E-state index in [-0.39, 0.29) is 18.4 Å². The lowest BCUT2D eigenvalue weighted by molar-refractivity contribution is -0.142. The van der Waals surface area contributed by atoms with Crippen molar-refractivity contribution in [3.63, 3.8) is 0 Å². The Morgan fingerprint density at radius 3 is 2.29 bits per heavy atom. The summed E-state index contributed by atoms with van der Waals surface area (Å²) in [4.78, 5) is 34.4. The molecule has 3 N–H and O–H groups in total. The molecule has 2 amide bonds. The fourth-order valence-electron chi connectivity index (χ4n) is 2.67. The summed E-state index contributed by atoms with van der Waals surface area (Å²) in [5, 5.41) is 14.0. The average Bonchev–Trinajstić information content (AvgIpc) is 2.87. The van der Waals surface area contributed by atoms with Crippen molar-refractivity contribution in [2.24, 2.45) is 11.8 Å². The number of carboxylic acids is 1. The molecule has 0 heterocycles. The van der Waals surface area contributed by atoms with E-state index in [0.717, 1.165) is 12.8 Å². The lowest BCUT2D eigenvalue weighted by Gasteiger charge is -2.17. The van der Waals surface area contributed by atoms with Crippen molar-refractivity contribution in [3.05, 3.63) is 0 Å². The van der Waals surface area contributed by atoms with Crippen molar-refractivity contribution < 1.29 is 19.5 Å². The second-order valence-corrected chi connectivity index (χ2v) is 6.22. The van der Waals surface area contributed by atoms with Crippen LogP contribution >= 0.6 is 0 Å². The fraction of sp³-hybridized carbons (Fsp3) is 0.800.